The number of hydrogen-bond acceptors (Lipinski definition) is 6. The summed E-state index contributed by atoms with van der Waals surface area (Å²) in [7, 11) is 3.46. The molecule has 6 nitrogen and oxygen atoms in total. The van der Waals surface area contributed by atoms with Crippen LogP contribution >= 0.6 is 0 Å². The van der Waals surface area contributed by atoms with Crippen LogP contribution < -0.4 is 10.6 Å². The van der Waals surface area contributed by atoms with Crippen LogP contribution in [-0.4, -0.2) is 61.9 Å². The number of piperidine rings is 1. The van der Waals surface area contributed by atoms with Gasteiger partial charge in [-0.25, -0.2) is 13.6 Å². The number of carbonyl (C=O) groups excluding carboxylic acids is 1. The van der Waals surface area contributed by atoms with Crippen LogP contribution in [0.2, 0.25) is 0 Å². The summed E-state index contributed by atoms with van der Waals surface area (Å²) in [6.45, 7) is 1.89. The van der Waals surface area contributed by atoms with E-state index in [1.54, 1.807) is 0 Å². The first kappa shape index (κ1) is 24.5. The molecule has 5 rings (SSSR count). The Hall–Kier alpha value is -3.23. The average Bonchev–Trinajstić information content (AvgIpc) is 3.43. The molecule has 0 aliphatic carbocycles. The van der Waals surface area contributed by atoms with E-state index in [9.17, 15) is 13.6 Å². The molecular formula is C28H31F2N3O3. The standard InChI is InChI=1S/C28H31F2N3O3/c1-33-12-9-21(10-13-33)32-26-25(27(34)35-2)23-8-11-28(26,36-23)24(14-18-6-4-3-5-7-18)31-22-16-19(29)15-20(30)17-22/h3-8,11,15-17,21,23-24,31-32H,9-10,12-14H2,1-2H3. The first-order valence-electron chi connectivity index (χ1n) is 12.3. The van der Waals surface area contributed by atoms with Crippen molar-refractivity contribution >= 4 is 11.7 Å². The number of halogens is 2. The predicted molar refractivity (Wildman–Crippen MR) is 133 cm³/mol. The van der Waals surface area contributed by atoms with Crippen molar-refractivity contribution in [1.82, 2.24) is 10.2 Å². The maximum absolute atomic E-state index is 14.1. The fourth-order valence-electron chi connectivity index (χ4n) is 5.42. The van der Waals surface area contributed by atoms with E-state index in [-0.39, 0.29) is 6.04 Å². The highest BCUT2D eigenvalue weighted by Crippen LogP contribution is 2.46. The zero-order chi connectivity index (χ0) is 25.3. The zero-order valence-corrected chi connectivity index (χ0v) is 20.5. The lowest BCUT2D eigenvalue weighted by Crippen LogP contribution is -2.53. The minimum atomic E-state index is -1.05. The van der Waals surface area contributed by atoms with Gasteiger partial charge < -0.3 is 25.0 Å². The van der Waals surface area contributed by atoms with Gasteiger partial charge in [-0.2, -0.15) is 0 Å². The summed E-state index contributed by atoms with van der Waals surface area (Å²) in [4.78, 5) is 15.2. The number of carbonyl (C=O) groups is 1. The number of esters is 1. The second-order valence-corrected chi connectivity index (χ2v) is 9.74. The third-order valence-corrected chi connectivity index (χ3v) is 7.26. The van der Waals surface area contributed by atoms with Gasteiger partial charge in [0.15, 0.2) is 0 Å². The molecule has 2 aromatic carbocycles. The van der Waals surface area contributed by atoms with Crippen molar-refractivity contribution in [2.24, 2.45) is 0 Å². The Bertz CT molecular complexity index is 1160. The second kappa shape index (κ2) is 10.0. The van der Waals surface area contributed by atoms with Gasteiger partial charge in [0.05, 0.1) is 24.4 Å². The summed E-state index contributed by atoms with van der Waals surface area (Å²) in [5, 5.41) is 6.97. The van der Waals surface area contributed by atoms with Gasteiger partial charge in [-0.3, -0.25) is 0 Å². The van der Waals surface area contributed by atoms with E-state index in [4.69, 9.17) is 9.47 Å². The molecule has 0 radical (unpaired) electrons. The third-order valence-electron chi connectivity index (χ3n) is 7.26. The van der Waals surface area contributed by atoms with Crippen LogP contribution in [0.1, 0.15) is 18.4 Å². The Morgan fingerprint density at radius 2 is 1.86 bits per heavy atom. The first-order valence-corrected chi connectivity index (χ1v) is 12.3. The van der Waals surface area contributed by atoms with E-state index in [2.05, 4.69) is 22.6 Å². The molecule has 8 heteroatoms. The van der Waals surface area contributed by atoms with Crippen LogP contribution in [0.5, 0.6) is 0 Å². The molecule has 3 aliphatic rings. The van der Waals surface area contributed by atoms with Gasteiger partial charge in [0, 0.05) is 17.8 Å². The molecule has 2 bridgehead atoms. The van der Waals surface area contributed by atoms with Crippen molar-refractivity contribution in [3.8, 4) is 0 Å². The number of likely N-dealkylation sites (tertiary alicyclic amines) is 1. The molecule has 1 fully saturated rings. The Labute approximate surface area is 210 Å². The van der Waals surface area contributed by atoms with Crippen LogP contribution in [0.15, 0.2) is 72.0 Å². The number of nitrogens with zero attached hydrogens (tertiary/aromatic N) is 1. The first-order chi connectivity index (χ1) is 17.4. The number of ether oxygens (including phenoxy) is 2. The molecule has 3 atom stereocenters. The van der Waals surface area contributed by atoms with E-state index in [0.29, 0.717) is 23.4 Å². The number of hydrogen-bond donors (Lipinski definition) is 2. The van der Waals surface area contributed by atoms with Crippen molar-refractivity contribution in [2.45, 2.75) is 43.1 Å². The SMILES string of the molecule is COC(=O)C1=C(NC2CCN(C)CC2)C2(C(Cc3ccccc3)Nc3cc(F)cc(F)c3)C=CC1O2. The number of benzene rings is 2. The van der Waals surface area contributed by atoms with Crippen LogP contribution in [0.4, 0.5) is 14.5 Å². The van der Waals surface area contributed by atoms with Crippen LogP contribution in [0.3, 0.4) is 0 Å². The topological polar surface area (TPSA) is 62.8 Å². The minimum Gasteiger partial charge on any atom is -0.466 e. The summed E-state index contributed by atoms with van der Waals surface area (Å²) < 4.78 is 39.8. The van der Waals surface area contributed by atoms with Gasteiger partial charge in [-0.05, 0) is 63.2 Å². The van der Waals surface area contributed by atoms with E-state index < -0.39 is 35.4 Å². The fraction of sp³-hybridized carbons (Fsp3) is 0.393. The highest BCUT2D eigenvalue weighted by molar-refractivity contribution is 5.93. The molecule has 2 aromatic rings. The predicted octanol–water partition coefficient (Wildman–Crippen LogP) is 3.81. The van der Waals surface area contributed by atoms with E-state index >= 15 is 0 Å². The maximum atomic E-state index is 14.1. The van der Waals surface area contributed by atoms with Crippen LogP contribution in [0, 0.1) is 11.6 Å². The number of fused-ring (bicyclic) bond motifs is 2. The average molecular weight is 496 g/mol. The summed E-state index contributed by atoms with van der Waals surface area (Å²) in [5.74, 6) is -1.79. The largest absolute Gasteiger partial charge is 0.466 e. The molecule has 0 aromatic heterocycles. The highest BCUT2D eigenvalue weighted by Gasteiger charge is 2.56. The maximum Gasteiger partial charge on any atom is 0.338 e. The number of anilines is 1. The normalized spacial score (nSPS) is 24.7. The molecule has 190 valence electrons. The Balaban J connectivity index is 1.55. The lowest BCUT2D eigenvalue weighted by atomic mass is 9.82. The molecule has 0 spiro atoms. The van der Waals surface area contributed by atoms with E-state index in [0.717, 1.165) is 37.6 Å². The van der Waals surface area contributed by atoms with Gasteiger partial charge in [0.1, 0.15) is 23.3 Å². The van der Waals surface area contributed by atoms with Gasteiger partial charge in [-0.1, -0.05) is 36.4 Å². The van der Waals surface area contributed by atoms with Gasteiger partial charge >= 0.3 is 5.97 Å². The van der Waals surface area contributed by atoms with Gasteiger partial charge in [-0.15, -0.1) is 0 Å². The van der Waals surface area contributed by atoms with Crippen molar-refractivity contribution in [1.29, 1.82) is 0 Å². The fourth-order valence-corrected chi connectivity index (χ4v) is 5.42. The van der Waals surface area contributed by atoms with Crippen LogP contribution in [0.25, 0.3) is 0 Å². The number of methoxy groups -OCH3 is 1. The lowest BCUT2D eigenvalue weighted by Gasteiger charge is -2.39. The lowest BCUT2D eigenvalue weighted by molar-refractivity contribution is -0.136. The highest BCUT2D eigenvalue weighted by atomic mass is 19.1. The number of rotatable bonds is 8. The van der Waals surface area contributed by atoms with E-state index in [1.807, 2.05) is 42.5 Å². The second-order valence-electron chi connectivity index (χ2n) is 9.74. The Morgan fingerprint density at radius 3 is 2.53 bits per heavy atom. The summed E-state index contributed by atoms with van der Waals surface area (Å²) in [6, 6.07) is 12.9. The van der Waals surface area contributed by atoms with Crippen molar-refractivity contribution in [2.75, 3.05) is 32.6 Å². The van der Waals surface area contributed by atoms with Gasteiger partial charge in [0.2, 0.25) is 0 Å². The Kier molecular flexibility index (Phi) is 6.81. The smallest absolute Gasteiger partial charge is 0.338 e. The molecule has 3 heterocycles. The minimum absolute atomic E-state index is 0.160. The summed E-state index contributed by atoms with van der Waals surface area (Å²) in [5.41, 5.74) is 1.39. The third kappa shape index (κ3) is 4.75. The molecule has 0 amide bonds. The van der Waals surface area contributed by atoms with Crippen molar-refractivity contribution < 1.29 is 23.0 Å². The molecular weight excluding hydrogens is 464 g/mol. The summed E-state index contributed by atoms with van der Waals surface area (Å²) in [6.07, 6.45) is 5.59. The molecule has 36 heavy (non-hydrogen) atoms. The molecule has 0 saturated carbocycles. The quantitative estimate of drug-likeness (QED) is 0.429. The zero-order valence-electron chi connectivity index (χ0n) is 20.5. The van der Waals surface area contributed by atoms with Crippen molar-refractivity contribution in [3.63, 3.8) is 0 Å². The Morgan fingerprint density at radius 1 is 1.17 bits per heavy atom. The molecule has 2 N–H and O–H groups in total. The molecule has 3 unspecified atom stereocenters. The van der Waals surface area contributed by atoms with Gasteiger partial charge in [0.25, 0.3) is 0 Å². The summed E-state index contributed by atoms with van der Waals surface area (Å²) >= 11 is 0. The van der Waals surface area contributed by atoms with Crippen LogP contribution in [-0.2, 0) is 20.7 Å². The molecule has 3 aliphatic heterocycles. The van der Waals surface area contributed by atoms with Crippen molar-refractivity contribution in [3.05, 3.63) is 89.2 Å². The van der Waals surface area contributed by atoms with E-state index in [1.165, 1.54) is 19.2 Å². The number of nitrogens with one attached hydrogen (secondary N) is 2. The monoisotopic (exact) mass is 495 g/mol. The molecule has 1 saturated heterocycles.